The van der Waals surface area contributed by atoms with E-state index >= 15 is 0 Å². The van der Waals surface area contributed by atoms with Crippen molar-refractivity contribution in [3.63, 3.8) is 0 Å². The van der Waals surface area contributed by atoms with Crippen molar-refractivity contribution in [2.75, 3.05) is 6.54 Å². The first-order chi connectivity index (χ1) is 12.1. The Bertz CT molecular complexity index is 751. The SMILES string of the molecule is CCc1ccc(C2CCCCCN2C(=O)c2ccc(C(=O)O)nc2)o1. The minimum atomic E-state index is -1.10. The Balaban J connectivity index is 1.87. The molecule has 25 heavy (non-hydrogen) atoms. The summed E-state index contributed by atoms with van der Waals surface area (Å²) in [4.78, 5) is 29.6. The Kier molecular flexibility index (Phi) is 5.16. The molecule has 2 aromatic rings. The smallest absolute Gasteiger partial charge is 0.354 e. The van der Waals surface area contributed by atoms with Gasteiger partial charge in [0, 0.05) is 19.2 Å². The van der Waals surface area contributed by atoms with Crippen molar-refractivity contribution in [2.24, 2.45) is 0 Å². The molecule has 0 spiro atoms. The molecule has 0 aromatic carbocycles. The molecule has 1 N–H and O–H groups in total. The van der Waals surface area contributed by atoms with E-state index in [1.54, 1.807) is 0 Å². The lowest BCUT2D eigenvalue weighted by Gasteiger charge is -2.28. The molecule has 3 heterocycles. The van der Waals surface area contributed by atoms with E-state index in [9.17, 15) is 9.59 Å². The second-order valence-electron chi connectivity index (χ2n) is 6.26. The summed E-state index contributed by atoms with van der Waals surface area (Å²) < 4.78 is 5.91. The molecule has 1 fully saturated rings. The highest BCUT2D eigenvalue weighted by Gasteiger charge is 2.30. The molecule has 0 saturated carbocycles. The maximum absolute atomic E-state index is 13.0. The van der Waals surface area contributed by atoms with Crippen LogP contribution in [-0.4, -0.2) is 33.4 Å². The number of aromatic nitrogens is 1. The van der Waals surface area contributed by atoms with E-state index in [1.807, 2.05) is 24.0 Å². The lowest BCUT2D eigenvalue weighted by atomic mass is 10.1. The molecule has 3 rings (SSSR count). The third-order valence-electron chi connectivity index (χ3n) is 4.60. The number of rotatable bonds is 4. The van der Waals surface area contributed by atoms with E-state index in [4.69, 9.17) is 9.52 Å². The highest BCUT2D eigenvalue weighted by atomic mass is 16.4. The number of furan rings is 1. The fourth-order valence-electron chi connectivity index (χ4n) is 3.22. The summed E-state index contributed by atoms with van der Waals surface area (Å²) in [5.41, 5.74) is 0.335. The number of hydrogen-bond donors (Lipinski definition) is 1. The summed E-state index contributed by atoms with van der Waals surface area (Å²) in [7, 11) is 0. The van der Waals surface area contributed by atoms with Crippen LogP contribution in [0.25, 0.3) is 0 Å². The lowest BCUT2D eigenvalue weighted by Crippen LogP contribution is -2.34. The molecular weight excluding hydrogens is 320 g/mol. The van der Waals surface area contributed by atoms with Crippen molar-refractivity contribution in [1.82, 2.24) is 9.88 Å². The van der Waals surface area contributed by atoms with Gasteiger partial charge in [0.2, 0.25) is 0 Å². The second kappa shape index (κ2) is 7.51. The van der Waals surface area contributed by atoms with Crippen molar-refractivity contribution in [1.29, 1.82) is 0 Å². The van der Waals surface area contributed by atoms with E-state index in [1.165, 1.54) is 18.3 Å². The molecule has 6 heteroatoms. The van der Waals surface area contributed by atoms with Crippen LogP contribution >= 0.6 is 0 Å². The molecule has 132 valence electrons. The van der Waals surface area contributed by atoms with E-state index in [0.717, 1.165) is 43.6 Å². The van der Waals surface area contributed by atoms with E-state index < -0.39 is 5.97 Å². The number of nitrogens with zero attached hydrogens (tertiary/aromatic N) is 2. The van der Waals surface area contributed by atoms with Crippen molar-refractivity contribution in [3.05, 3.63) is 53.2 Å². The number of carboxylic acid groups (broad SMARTS) is 1. The van der Waals surface area contributed by atoms with Crippen LogP contribution in [0.2, 0.25) is 0 Å². The van der Waals surface area contributed by atoms with Crippen molar-refractivity contribution in [3.8, 4) is 0 Å². The van der Waals surface area contributed by atoms with Crippen LogP contribution in [0.4, 0.5) is 0 Å². The molecule has 0 aliphatic carbocycles. The summed E-state index contributed by atoms with van der Waals surface area (Å²) in [6, 6.07) is 6.73. The Morgan fingerprint density at radius 1 is 1.24 bits per heavy atom. The molecular formula is C19H22N2O4. The van der Waals surface area contributed by atoms with Gasteiger partial charge >= 0.3 is 5.97 Å². The largest absolute Gasteiger partial charge is 0.477 e. The first kappa shape index (κ1) is 17.2. The van der Waals surface area contributed by atoms with Crippen LogP contribution in [0.3, 0.4) is 0 Å². The molecule has 1 saturated heterocycles. The number of aromatic carboxylic acids is 1. The summed E-state index contributed by atoms with van der Waals surface area (Å²) >= 11 is 0. The molecule has 1 aliphatic rings. The molecule has 2 aromatic heterocycles. The zero-order chi connectivity index (χ0) is 17.8. The number of hydrogen-bond acceptors (Lipinski definition) is 4. The van der Waals surface area contributed by atoms with Gasteiger partial charge in [-0.3, -0.25) is 4.79 Å². The van der Waals surface area contributed by atoms with Gasteiger partial charge in [-0.2, -0.15) is 0 Å². The zero-order valence-electron chi connectivity index (χ0n) is 14.3. The standard InChI is InChI=1S/C19H22N2O4/c1-2-14-8-10-17(25-14)16-6-4-3-5-11-21(16)18(22)13-7-9-15(19(23)24)20-12-13/h7-10,12,16H,2-6,11H2,1H3,(H,23,24). The van der Waals surface area contributed by atoms with Crippen molar-refractivity contribution < 1.29 is 19.1 Å². The number of carbonyl (C=O) groups excluding carboxylic acids is 1. The average molecular weight is 342 g/mol. The maximum Gasteiger partial charge on any atom is 0.354 e. The monoisotopic (exact) mass is 342 g/mol. The van der Waals surface area contributed by atoms with E-state index in [-0.39, 0.29) is 17.6 Å². The maximum atomic E-state index is 13.0. The number of likely N-dealkylation sites (tertiary alicyclic amines) is 1. The first-order valence-corrected chi connectivity index (χ1v) is 8.69. The highest BCUT2D eigenvalue weighted by Crippen LogP contribution is 2.32. The molecule has 1 atom stereocenters. The van der Waals surface area contributed by atoms with E-state index in [0.29, 0.717) is 12.1 Å². The summed E-state index contributed by atoms with van der Waals surface area (Å²) in [6.45, 7) is 2.70. The minimum absolute atomic E-state index is 0.0670. The Labute approximate surface area is 146 Å². The van der Waals surface area contributed by atoms with Gasteiger partial charge in [0.25, 0.3) is 5.91 Å². The van der Waals surface area contributed by atoms with Crippen LogP contribution in [0, 0.1) is 0 Å². The first-order valence-electron chi connectivity index (χ1n) is 8.69. The summed E-state index contributed by atoms with van der Waals surface area (Å²) in [5, 5.41) is 8.95. The number of pyridine rings is 1. The number of amides is 1. The molecule has 0 bridgehead atoms. The van der Waals surface area contributed by atoms with Gasteiger partial charge in [-0.1, -0.05) is 19.8 Å². The van der Waals surface area contributed by atoms with Gasteiger partial charge in [-0.05, 0) is 37.1 Å². The van der Waals surface area contributed by atoms with Crippen molar-refractivity contribution >= 4 is 11.9 Å². The molecule has 0 radical (unpaired) electrons. The predicted molar refractivity (Wildman–Crippen MR) is 91.5 cm³/mol. The van der Waals surface area contributed by atoms with Crippen LogP contribution < -0.4 is 0 Å². The van der Waals surface area contributed by atoms with Gasteiger partial charge in [0.1, 0.15) is 17.2 Å². The lowest BCUT2D eigenvalue weighted by molar-refractivity contribution is 0.0651. The van der Waals surface area contributed by atoms with Gasteiger partial charge in [-0.15, -0.1) is 0 Å². The molecule has 1 amide bonds. The van der Waals surface area contributed by atoms with Crippen molar-refractivity contribution in [2.45, 2.75) is 45.1 Å². The molecule has 6 nitrogen and oxygen atoms in total. The van der Waals surface area contributed by atoms with E-state index in [2.05, 4.69) is 4.98 Å². The quantitative estimate of drug-likeness (QED) is 0.916. The predicted octanol–water partition coefficient (Wildman–Crippen LogP) is 3.69. The van der Waals surface area contributed by atoms with Crippen LogP contribution in [0.1, 0.15) is 71.0 Å². The topological polar surface area (TPSA) is 83.6 Å². The summed E-state index contributed by atoms with van der Waals surface area (Å²) in [5.74, 6) is 0.501. The number of aryl methyl sites for hydroxylation is 1. The average Bonchev–Trinajstić information content (AvgIpc) is 2.98. The normalized spacial score (nSPS) is 18.0. The minimum Gasteiger partial charge on any atom is -0.477 e. The fraction of sp³-hybridized carbons (Fsp3) is 0.421. The highest BCUT2D eigenvalue weighted by molar-refractivity contribution is 5.95. The third-order valence-corrected chi connectivity index (χ3v) is 4.60. The summed E-state index contributed by atoms with van der Waals surface area (Å²) in [6.07, 6.45) is 6.10. The van der Waals surface area contributed by atoms with Crippen LogP contribution in [0.15, 0.2) is 34.9 Å². The van der Waals surface area contributed by atoms with Gasteiger partial charge in [0.05, 0.1) is 11.6 Å². The van der Waals surface area contributed by atoms with Gasteiger partial charge < -0.3 is 14.4 Å². The van der Waals surface area contributed by atoms with Gasteiger partial charge in [-0.25, -0.2) is 9.78 Å². The Morgan fingerprint density at radius 2 is 2.08 bits per heavy atom. The van der Waals surface area contributed by atoms with Gasteiger partial charge in [0.15, 0.2) is 0 Å². The Hall–Kier alpha value is -2.63. The molecule has 1 unspecified atom stereocenters. The second-order valence-corrected chi connectivity index (χ2v) is 6.26. The zero-order valence-corrected chi connectivity index (χ0v) is 14.3. The fourth-order valence-corrected chi connectivity index (χ4v) is 3.22. The molecule has 1 aliphatic heterocycles. The van der Waals surface area contributed by atoms with Crippen LogP contribution in [-0.2, 0) is 6.42 Å². The number of carboxylic acids is 1. The third kappa shape index (κ3) is 3.73. The Morgan fingerprint density at radius 3 is 2.72 bits per heavy atom. The van der Waals surface area contributed by atoms with Crippen LogP contribution in [0.5, 0.6) is 0 Å². The number of carbonyl (C=O) groups is 2.